The number of rotatable bonds is 3. The fourth-order valence-corrected chi connectivity index (χ4v) is 4.58. The van der Waals surface area contributed by atoms with Gasteiger partial charge in [0.1, 0.15) is 0 Å². The van der Waals surface area contributed by atoms with Crippen LogP contribution in [0.25, 0.3) is 0 Å². The highest BCUT2D eigenvalue weighted by Gasteiger charge is 2.32. The number of carbonyl (C=O) groups excluding carboxylic acids is 1. The van der Waals surface area contributed by atoms with E-state index in [2.05, 4.69) is 15.0 Å². The summed E-state index contributed by atoms with van der Waals surface area (Å²) in [7, 11) is -2.48. The zero-order valence-electron chi connectivity index (χ0n) is 10.5. The number of sulfonamides is 1. The molecular weight excluding hydrogens is 290 g/mol. The van der Waals surface area contributed by atoms with Gasteiger partial charge in [0.15, 0.2) is 9.90 Å². The molecule has 7 nitrogen and oxygen atoms in total. The van der Waals surface area contributed by atoms with Gasteiger partial charge in [-0.15, -0.1) is 11.3 Å². The van der Waals surface area contributed by atoms with E-state index >= 15 is 0 Å². The number of nitrogens with zero attached hydrogens (tertiary/aromatic N) is 2. The van der Waals surface area contributed by atoms with E-state index in [1.165, 1.54) is 16.9 Å². The smallest absolute Gasteiger partial charge is 0.358 e. The molecule has 0 aromatic carbocycles. The number of hydrogen-bond acceptors (Lipinski definition) is 7. The molecule has 0 bridgehead atoms. The first-order valence-corrected chi connectivity index (χ1v) is 8.12. The molecule has 1 fully saturated rings. The van der Waals surface area contributed by atoms with E-state index in [9.17, 15) is 13.2 Å². The molecule has 2 heterocycles. The lowest BCUT2D eigenvalue weighted by Crippen LogP contribution is -2.34. The highest BCUT2D eigenvalue weighted by Crippen LogP contribution is 2.25. The van der Waals surface area contributed by atoms with Crippen LogP contribution in [0.2, 0.25) is 0 Å². The van der Waals surface area contributed by atoms with Crippen LogP contribution in [0.4, 0.5) is 0 Å². The second-order valence-electron chi connectivity index (χ2n) is 3.99. The quantitative estimate of drug-likeness (QED) is 0.785. The number of hydrogen-bond donors (Lipinski definition) is 1. The van der Waals surface area contributed by atoms with Crippen LogP contribution in [0, 0.1) is 0 Å². The van der Waals surface area contributed by atoms with Crippen LogP contribution >= 0.6 is 11.3 Å². The number of nitrogens with one attached hydrogen (secondary N) is 1. The molecule has 0 unspecified atom stereocenters. The van der Waals surface area contributed by atoms with Crippen molar-refractivity contribution in [2.24, 2.45) is 0 Å². The molecule has 0 amide bonds. The zero-order chi connectivity index (χ0) is 13.9. The van der Waals surface area contributed by atoms with Gasteiger partial charge in [0.2, 0.25) is 0 Å². The summed E-state index contributed by atoms with van der Waals surface area (Å²) in [6.45, 7) is 2.22. The molecule has 1 aliphatic rings. The average Bonchev–Trinajstić information content (AvgIpc) is 2.73. The van der Waals surface area contributed by atoms with Crippen molar-refractivity contribution >= 4 is 27.3 Å². The highest BCUT2D eigenvalue weighted by atomic mass is 32.2. The second-order valence-corrected chi connectivity index (χ2v) is 6.98. The lowest BCUT2D eigenvalue weighted by atomic mass is 10.4. The summed E-state index contributed by atoms with van der Waals surface area (Å²) in [5, 5.41) is 3.13. The second kappa shape index (κ2) is 5.95. The Bertz CT molecular complexity index is 547. The molecule has 106 valence electrons. The van der Waals surface area contributed by atoms with Gasteiger partial charge < -0.3 is 10.1 Å². The number of thiazole rings is 1. The van der Waals surface area contributed by atoms with Crippen molar-refractivity contribution in [3.05, 3.63) is 11.2 Å². The maximum Gasteiger partial charge on any atom is 0.358 e. The van der Waals surface area contributed by atoms with Crippen molar-refractivity contribution in [3.63, 3.8) is 0 Å². The van der Waals surface area contributed by atoms with Crippen molar-refractivity contribution in [3.8, 4) is 0 Å². The SMILES string of the molecule is COC(=O)c1ncsc1S(=O)(=O)N1CCCNCC1. The standard InChI is InChI=1S/C10H15N3O4S2/c1-17-9(14)8-10(18-7-12-8)19(15,16)13-5-2-3-11-4-6-13/h7,11H,2-6H2,1H3. The van der Waals surface area contributed by atoms with Gasteiger partial charge in [-0.1, -0.05) is 0 Å². The Balaban J connectivity index is 2.33. The maximum atomic E-state index is 12.5. The van der Waals surface area contributed by atoms with E-state index in [4.69, 9.17) is 0 Å². The molecule has 0 atom stereocenters. The topological polar surface area (TPSA) is 88.6 Å². The van der Waals surface area contributed by atoms with E-state index in [0.717, 1.165) is 24.3 Å². The molecular formula is C10H15N3O4S2. The summed E-state index contributed by atoms with van der Waals surface area (Å²) < 4.78 is 30.9. The number of esters is 1. The van der Waals surface area contributed by atoms with Gasteiger partial charge in [-0.05, 0) is 13.0 Å². The molecule has 0 saturated carbocycles. The highest BCUT2D eigenvalue weighted by molar-refractivity contribution is 7.91. The predicted molar refractivity (Wildman–Crippen MR) is 69.7 cm³/mol. The molecule has 19 heavy (non-hydrogen) atoms. The van der Waals surface area contributed by atoms with E-state index in [1.807, 2.05) is 0 Å². The Kier molecular flexibility index (Phi) is 4.50. The summed E-state index contributed by atoms with van der Waals surface area (Å²) in [5.74, 6) is -0.729. The molecule has 0 aliphatic carbocycles. The Labute approximate surface area is 115 Å². The van der Waals surface area contributed by atoms with E-state index < -0.39 is 16.0 Å². The average molecular weight is 305 g/mol. The molecule has 1 aromatic heterocycles. The maximum absolute atomic E-state index is 12.5. The van der Waals surface area contributed by atoms with Gasteiger partial charge >= 0.3 is 5.97 Å². The molecule has 2 rings (SSSR count). The predicted octanol–water partition coefficient (Wildman–Crippen LogP) is -0.0863. The minimum absolute atomic E-state index is 0.0405. The first-order valence-electron chi connectivity index (χ1n) is 5.80. The van der Waals surface area contributed by atoms with Crippen molar-refractivity contribution < 1.29 is 17.9 Å². The van der Waals surface area contributed by atoms with Gasteiger partial charge in [-0.2, -0.15) is 4.31 Å². The van der Waals surface area contributed by atoms with Gasteiger partial charge in [0.05, 0.1) is 12.6 Å². The number of aromatic nitrogens is 1. The molecule has 1 N–H and O–H groups in total. The number of carbonyl (C=O) groups is 1. The first-order chi connectivity index (χ1) is 9.07. The summed E-state index contributed by atoms with van der Waals surface area (Å²) in [5.41, 5.74) is 1.21. The van der Waals surface area contributed by atoms with Crippen LogP contribution < -0.4 is 5.32 Å². The molecule has 1 aliphatic heterocycles. The van der Waals surface area contributed by atoms with Crippen molar-refractivity contribution in [1.82, 2.24) is 14.6 Å². The van der Waals surface area contributed by atoms with Crippen LogP contribution in [0.15, 0.2) is 9.72 Å². The monoisotopic (exact) mass is 305 g/mol. The lowest BCUT2D eigenvalue weighted by Gasteiger charge is -2.18. The fourth-order valence-electron chi connectivity index (χ4n) is 1.83. The van der Waals surface area contributed by atoms with Crippen LogP contribution in [0.3, 0.4) is 0 Å². The largest absolute Gasteiger partial charge is 0.464 e. The Hall–Kier alpha value is -1.03. The summed E-state index contributed by atoms with van der Waals surface area (Å²) in [6.07, 6.45) is 0.742. The van der Waals surface area contributed by atoms with Crippen LogP contribution in [-0.4, -0.2) is 57.0 Å². The van der Waals surface area contributed by atoms with Gasteiger partial charge in [0, 0.05) is 19.6 Å². The Morgan fingerprint density at radius 2 is 2.26 bits per heavy atom. The third-order valence-corrected chi connectivity index (χ3v) is 6.03. The Morgan fingerprint density at radius 1 is 1.47 bits per heavy atom. The summed E-state index contributed by atoms with van der Waals surface area (Å²) >= 11 is 0.939. The third kappa shape index (κ3) is 2.94. The van der Waals surface area contributed by atoms with Crippen LogP contribution in [0.5, 0.6) is 0 Å². The van der Waals surface area contributed by atoms with Gasteiger partial charge in [0.25, 0.3) is 10.0 Å². The van der Waals surface area contributed by atoms with E-state index in [0.29, 0.717) is 19.6 Å². The van der Waals surface area contributed by atoms with Crippen molar-refractivity contribution in [2.75, 3.05) is 33.3 Å². The number of ether oxygens (including phenoxy) is 1. The molecule has 9 heteroatoms. The third-order valence-electron chi connectivity index (χ3n) is 2.79. The van der Waals surface area contributed by atoms with E-state index in [1.54, 1.807) is 0 Å². The van der Waals surface area contributed by atoms with Crippen molar-refractivity contribution in [2.45, 2.75) is 10.6 Å². The molecule has 1 saturated heterocycles. The zero-order valence-corrected chi connectivity index (χ0v) is 12.1. The summed E-state index contributed by atoms with van der Waals surface area (Å²) in [6, 6.07) is 0. The molecule has 0 spiro atoms. The van der Waals surface area contributed by atoms with Crippen LogP contribution in [0.1, 0.15) is 16.9 Å². The van der Waals surface area contributed by atoms with Gasteiger partial charge in [-0.25, -0.2) is 18.2 Å². The molecule has 0 radical (unpaired) electrons. The van der Waals surface area contributed by atoms with Gasteiger partial charge in [-0.3, -0.25) is 0 Å². The first kappa shape index (κ1) is 14.4. The Morgan fingerprint density at radius 3 is 3.00 bits per heavy atom. The minimum Gasteiger partial charge on any atom is -0.464 e. The van der Waals surface area contributed by atoms with Crippen molar-refractivity contribution in [1.29, 1.82) is 0 Å². The van der Waals surface area contributed by atoms with Crippen LogP contribution in [-0.2, 0) is 14.8 Å². The van der Waals surface area contributed by atoms with E-state index in [-0.39, 0.29) is 9.90 Å². The summed E-state index contributed by atoms with van der Waals surface area (Å²) in [4.78, 5) is 15.3. The lowest BCUT2D eigenvalue weighted by molar-refractivity contribution is 0.0590. The normalized spacial score (nSPS) is 17.9. The fraction of sp³-hybridized carbons (Fsp3) is 0.600. The molecule has 1 aromatic rings. The number of methoxy groups -OCH3 is 1. The minimum atomic E-state index is -3.68.